The smallest absolute Gasteiger partial charge is 0.241 e. The molecule has 8 heavy (non-hydrogen) atoms. The Morgan fingerprint density at radius 3 is 2.62 bits per heavy atom. The van der Waals surface area contributed by atoms with Crippen LogP contribution in [0.2, 0.25) is 0 Å². The van der Waals surface area contributed by atoms with E-state index >= 15 is 0 Å². The molecule has 0 radical (unpaired) electrons. The third-order valence-corrected chi connectivity index (χ3v) is 1.08. The summed E-state index contributed by atoms with van der Waals surface area (Å²) in [6, 6.07) is 0. The van der Waals surface area contributed by atoms with Gasteiger partial charge in [-0.15, -0.1) is 18.2 Å². The second-order valence-corrected chi connectivity index (χ2v) is 1.72. The topological polar surface area (TPSA) is 29.1 Å². The van der Waals surface area contributed by atoms with E-state index in [1.807, 2.05) is 0 Å². The maximum absolute atomic E-state index is 10.4. The van der Waals surface area contributed by atoms with Crippen molar-refractivity contribution >= 4 is 17.5 Å². The first-order valence-corrected chi connectivity index (χ1v) is 2.64. The van der Waals surface area contributed by atoms with Gasteiger partial charge in [0.15, 0.2) is 0 Å². The molecule has 0 aliphatic heterocycles. The number of hydrogen-bond donors (Lipinski definition) is 1. The standard InChI is InChI=1S/C5H8ClNO/c1-3-4(6)5(8)7-2/h3-4H,1H2,2H3,(H,7,8). The van der Waals surface area contributed by atoms with Gasteiger partial charge in [-0.1, -0.05) is 6.08 Å². The summed E-state index contributed by atoms with van der Waals surface area (Å²) in [6.45, 7) is 3.34. The number of hydrogen-bond acceptors (Lipinski definition) is 1. The molecule has 46 valence electrons. The van der Waals surface area contributed by atoms with Gasteiger partial charge in [0.2, 0.25) is 5.91 Å². The summed E-state index contributed by atoms with van der Waals surface area (Å²) < 4.78 is 0. The van der Waals surface area contributed by atoms with Gasteiger partial charge in [0, 0.05) is 7.05 Å². The molecule has 1 amide bonds. The molecule has 0 spiro atoms. The largest absolute Gasteiger partial charge is 0.358 e. The fraction of sp³-hybridized carbons (Fsp3) is 0.400. The molecule has 3 heteroatoms. The van der Waals surface area contributed by atoms with Crippen molar-refractivity contribution in [3.8, 4) is 0 Å². The van der Waals surface area contributed by atoms with Crippen LogP contribution in [0.4, 0.5) is 0 Å². The fourth-order valence-electron chi connectivity index (χ4n) is 0.245. The van der Waals surface area contributed by atoms with Crippen molar-refractivity contribution in [1.82, 2.24) is 5.32 Å². The first-order valence-electron chi connectivity index (χ1n) is 2.20. The highest BCUT2D eigenvalue weighted by Gasteiger charge is 2.06. The summed E-state index contributed by atoms with van der Waals surface area (Å²) in [4.78, 5) is 10.4. The molecule has 0 fully saturated rings. The average molecular weight is 134 g/mol. The van der Waals surface area contributed by atoms with Crippen LogP contribution in [0.3, 0.4) is 0 Å². The highest BCUT2D eigenvalue weighted by Crippen LogP contribution is 1.93. The van der Waals surface area contributed by atoms with Crippen LogP contribution >= 0.6 is 11.6 Å². The average Bonchev–Trinajstić information content (AvgIpc) is 1.84. The molecular formula is C5H8ClNO. The highest BCUT2D eigenvalue weighted by atomic mass is 35.5. The molecule has 1 unspecified atom stereocenters. The van der Waals surface area contributed by atoms with Crippen LogP contribution in [-0.2, 0) is 4.79 Å². The molecule has 0 aliphatic rings. The number of carbonyl (C=O) groups is 1. The molecule has 0 aromatic rings. The number of halogens is 1. The molecule has 1 N–H and O–H groups in total. The number of rotatable bonds is 2. The molecule has 0 aromatic heterocycles. The lowest BCUT2D eigenvalue weighted by atomic mass is 10.4. The molecule has 2 nitrogen and oxygen atoms in total. The van der Waals surface area contributed by atoms with Crippen molar-refractivity contribution in [2.45, 2.75) is 5.38 Å². The lowest BCUT2D eigenvalue weighted by Crippen LogP contribution is -2.25. The van der Waals surface area contributed by atoms with Crippen molar-refractivity contribution in [2.24, 2.45) is 0 Å². The molecule has 0 bridgehead atoms. The third kappa shape index (κ3) is 1.98. The zero-order chi connectivity index (χ0) is 6.57. The van der Waals surface area contributed by atoms with Crippen LogP contribution in [0, 0.1) is 0 Å². The van der Waals surface area contributed by atoms with Gasteiger partial charge in [-0.2, -0.15) is 0 Å². The predicted molar refractivity (Wildman–Crippen MR) is 33.9 cm³/mol. The van der Waals surface area contributed by atoms with Gasteiger partial charge in [0.1, 0.15) is 5.38 Å². The minimum atomic E-state index is -0.597. The molecule has 0 saturated heterocycles. The summed E-state index contributed by atoms with van der Waals surface area (Å²) in [5.74, 6) is -0.221. The van der Waals surface area contributed by atoms with E-state index in [9.17, 15) is 4.79 Å². The van der Waals surface area contributed by atoms with Crippen molar-refractivity contribution in [2.75, 3.05) is 7.05 Å². The first kappa shape index (κ1) is 7.50. The number of nitrogens with one attached hydrogen (secondary N) is 1. The van der Waals surface area contributed by atoms with Crippen LogP contribution in [0.1, 0.15) is 0 Å². The molecule has 0 aromatic carbocycles. The molecule has 0 heterocycles. The van der Waals surface area contributed by atoms with Crippen molar-refractivity contribution in [3.63, 3.8) is 0 Å². The SMILES string of the molecule is C=CC(Cl)C(=O)NC. The number of carbonyl (C=O) groups excluding carboxylic acids is 1. The van der Waals surface area contributed by atoms with E-state index < -0.39 is 5.38 Å². The van der Waals surface area contributed by atoms with Crippen molar-refractivity contribution < 1.29 is 4.79 Å². The number of amides is 1. The Balaban J connectivity index is 3.62. The van der Waals surface area contributed by atoms with E-state index in [0.29, 0.717) is 0 Å². The maximum atomic E-state index is 10.4. The molecule has 1 atom stereocenters. The number of alkyl halides is 1. The summed E-state index contributed by atoms with van der Waals surface area (Å²) in [5, 5.41) is 1.78. The van der Waals surface area contributed by atoms with Crippen LogP contribution < -0.4 is 5.32 Å². The minimum Gasteiger partial charge on any atom is -0.358 e. The Morgan fingerprint density at radius 2 is 2.50 bits per heavy atom. The second kappa shape index (κ2) is 3.50. The van der Waals surface area contributed by atoms with E-state index in [2.05, 4.69) is 11.9 Å². The summed E-state index contributed by atoms with van der Waals surface area (Å²) in [6.07, 6.45) is 1.38. The van der Waals surface area contributed by atoms with Gasteiger partial charge >= 0.3 is 0 Å². The predicted octanol–water partition coefficient (Wildman–Crippen LogP) is 0.526. The fourth-order valence-corrected chi connectivity index (χ4v) is 0.354. The van der Waals surface area contributed by atoms with Crippen molar-refractivity contribution in [1.29, 1.82) is 0 Å². The second-order valence-electron chi connectivity index (χ2n) is 1.25. The third-order valence-electron chi connectivity index (χ3n) is 0.704. The van der Waals surface area contributed by atoms with E-state index in [4.69, 9.17) is 11.6 Å². The van der Waals surface area contributed by atoms with Crippen LogP contribution in [-0.4, -0.2) is 18.3 Å². The summed E-state index contributed by atoms with van der Waals surface area (Å²) in [7, 11) is 1.53. The Kier molecular flexibility index (Phi) is 3.28. The molecule has 0 saturated carbocycles. The summed E-state index contributed by atoms with van der Waals surface area (Å²) in [5.41, 5.74) is 0. The van der Waals surface area contributed by atoms with Crippen LogP contribution in [0.15, 0.2) is 12.7 Å². The van der Waals surface area contributed by atoms with E-state index in [0.717, 1.165) is 0 Å². The summed E-state index contributed by atoms with van der Waals surface area (Å²) >= 11 is 5.39. The zero-order valence-corrected chi connectivity index (χ0v) is 5.40. The van der Waals surface area contributed by atoms with Gasteiger partial charge in [-0.25, -0.2) is 0 Å². The monoisotopic (exact) mass is 133 g/mol. The normalized spacial score (nSPS) is 12.2. The Hall–Kier alpha value is -0.500. The molecule has 0 aliphatic carbocycles. The Morgan fingerprint density at radius 1 is 2.00 bits per heavy atom. The quantitative estimate of drug-likeness (QED) is 0.432. The molecular weight excluding hydrogens is 126 g/mol. The lowest BCUT2D eigenvalue weighted by molar-refractivity contribution is -0.119. The van der Waals surface area contributed by atoms with Gasteiger partial charge in [-0.3, -0.25) is 4.79 Å². The Bertz CT molecular complexity index is 103. The minimum absolute atomic E-state index is 0.221. The van der Waals surface area contributed by atoms with Crippen LogP contribution in [0.25, 0.3) is 0 Å². The maximum Gasteiger partial charge on any atom is 0.241 e. The van der Waals surface area contributed by atoms with E-state index in [1.165, 1.54) is 13.1 Å². The highest BCUT2D eigenvalue weighted by molar-refractivity contribution is 6.32. The van der Waals surface area contributed by atoms with E-state index in [-0.39, 0.29) is 5.91 Å². The van der Waals surface area contributed by atoms with Gasteiger partial charge in [0.25, 0.3) is 0 Å². The van der Waals surface area contributed by atoms with Crippen molar-refractivity contribution in [3.05, 3.63) is 12.7 Å². The van der Waals surface area contributed by atoms with Crippen LogP contribution in [0.5, 0.6) is 0 Å². The van der Waals surface area contributed by atoms with Gasteiger partial charge in [-0.05, 0) is 0 Å². The first-order chi connectivity index (χ1) is 3.72. The molecule has 0 rings (SSSR count). The lowest BCUT2D eigenvalue weighted by Gasteiger charge is -1.98. The van der Waals surface area contributed by atoms with Gasteiger partial charge in [0.05, 0.1) is 0 Å². The zero-order valence-electron chi connectivity index (χ0n) is 4.65. The van der Waals surface area contributed by atoms with E-state index in [1.54, 1.807) is 0 Å². The Labute approximate surface area is 53.5 Å². The van der Waals surface area contributed by atoms with Gasteiger partial charge < -0.3 is 5.32 Å².